The quantitative estimate of drug-likeness (QED) is 0.238. The Kier molecular flexibility index (Phi) is 5.89. The molecular formula is C26H26BrN5O. The van der Waals surface area contributed by atoms with Crippen LogP contribution in [0.25, 0.3) is 38.6 Å². The predicted octanol–water partition coefficient (Wildman–Crippen LogP) is 6.48. The van der Waals surface area contributed by atoms with Gasteiger partial charge in [0.2, 0.25) is 0 Å². The van der Waals surface area contributed by atoms with Gasteiger partial charge in [-0.05, 0) is 79.3 Å². The van der Waals surface area contributed by atoms with E-state index in [0.717, 1.165) is 27.4 Å². The largest absolute Gasteiger partial charge is 0.466 e. The minimum Gasteiger partial charge on any atom is -0.466 e. The second kappa shape index (κ2) is 8.98. The molecule has 2 aromatic heterocycles. The van der Waals surface area contributed by atoms with Gasteiger partial charge in [0.15, 0.2) is 0 Å². The molecule has 0 atom stereocenters. The summed E-state index contributed by atoms with van der Waals surface area (Å²) in [6, 6.07) is 19.9. The molecule has 0 saturated heterocycles. The summed E-state index contributed by atoms with van der Waals surface area (Å²) in [7, 11) is 3.74. The van der Waals surface area contributed by atoms with Crippen LogP contribution < -0.4 is 4.74 Å². The maximum atomic E-state index is 5.28. The number of fused-ring (bicyclic) bond motifs is 2. The average Bonchev–Trinajstić information content (AvgIpc) is 3.42. The maximum Gasteiger partial charge on any atom is 0.340 e. The van der Waals surface area contributed by atoms with Crippen molar-refractivity contribution in [3.63, 3.8) is 0 Å². The standard InChI is InChI=1S/C26H26BrN5O/c1-4-5-6-10-21-20-9-7-8-11-22(20)31(2)25(21)18-12-14-19-17(16-18)13-15-23(24(19)27)32-26(33-3)28-29-30-32/h7-9,11-16H,4-6,10H2,1-3H3. The van der Waals surface area contributed by atoms with Gasteiger partial charge in [0.05, 0.1) is 23.0 Å². The molecule has 5 rings (SSSR count). The fourth-order valence-corrected chi connectivity index (χ4v) is 5.35. The molecule has 33 heavy (non-hydrogen) atoms. The van der Waals surface area contributed by atoms with E-state index in [1.165, 1.54) is 47.0 Å². The Labute approximate surface area is 201 Å². The van der Waals surface area contributed by atoms with Crippen LogP contribution in [-0.2, 0) is 13.5 Å². The van der Waals surface area contributed by atoms with Crippen molar-refractivity contribution in [3.05, 3.63) is 64.6 Å². The summed E-state index contributed by atoms with van der Waals surface area (Å²) >= 11 is 3.77. The summed E-state index contributed by atoms with van der Waals surface area (Å²) in [4.78, 5) is 0. The zero-order valence-corrected chi connectivity index (χ0v) is 20.6. The first-order valence-electron chi connectivity index (χ1n) is 11.3. The van der Waals surface area contributed by atoms with Crippen LogP contribution >= 0.6 is 15.9 Å². The van der Waals surface area contributed by atoms with E-state index in [0.29, 0.717) is 6.01 Å². The van der Waals surface area contributed by atoms with Crippen LogP contribution in [0.4, 0.5) is 0 Å². The Balaban J connectivity index is 1.65. The number of rotatable bonds is 7. The normalized spacial score (nSPS) is 11.5. The molecule has 0 saturated carbocycles. The first-order valence-corrected chi connectivity index (χ1v) is 12.0. The lowest BCUT2D eigenvalue weighted by molar-refractivity contribution is 0.368. The first kappa shape index (κ1) is 21.6. The number of hydrogen-bond donors (Lipinski definition) is 0. The fraction of sp³-hybridized carbons (Fsp3) is 0.269. The molecule has 0 N–H and O–H groups in total. The summed E-state index contributed by atoms with van der Waals surface area (Å²) in [6.07, 6.45) is 4.76. The van der Waals surface area contributed by atoms with Crippen LogP contribution in [0.1, 0.15) is 31.7 Å². The highest BCUT2D eigenvalue weighted by Gasteiger charge is 2.18. The Bertz CT molecular complexity index is 1450. The second-order valence-corrected chi connectivity index (χ2v) is 9.07. The number of benzene rings is 3. The van der Waals surface area contributed by atoms with Crippen molar-refractivity contribution in [1.29, 1.82) is 0 Å². The number of aryl methyl sites for hydroxylation is 2. The Morgan fingerprint density at radius 1 is 1.00 bits per heavy atom. The highest BCUT2D eigenvalue weighted by Crippen LogP contribution is 2.38. The average molecular weight is 504 g/mol. The van der Waals surface area contributed by atoms with Gasteiger partial charge in [-0.3, -0.25) is 0 Å². The lowest BCUT2D eigenvalue weighted by Crippen LogP contribution is -2.01. The summed E-state index contributed by atoms with van der Waals surface area (Å²) in [5.41, 5.74) is 6.09. The SMILES string of the molecule is CCCCCc1c(-c2ccc3c(Br)c(-n4nnnc4OC)ccc3c2)n(C)c2ccccc12. The molecule has 0 aliphatic heterocycles. The van der Waals surface area contributed by atoms with Crippen molar-refractivity contribution in [3.8, 4) is 23.0 Å². The minimum atomic E-state index is 0.346. The summed E-state index contributed by atoms with van der Waals surface area (Å²) in [6.45, 7) is 2.25. The Hall–Kier alpha value is -3.19. The molecule has 0 amide bonds. The number of aromatic nitrogens is 5. The number of halogens is 1. The lowest BCUT2D eigenvalue weighted by atomic mass is 9.98. The van der Waals surface area contributed by atoms with Gasteiger partial charge < -0.3 is 9.30 Å². The van der Waals surface area contributed by atoms with Gasteiger partial charge in [-0.1, -0.05) is 61.3 Å². The highest BCUT2D eigenvalue weighted by atomic mass is 79.9. The van der Waals surface area contributed by atoms with E-state index in [-0.39, 0.29) is 0 Å². The van der Waals surface area contributed by atoms with Gasteiger partial charge in [-0.25, -0.2) is 0 Å². The zero-order valence-electron chi connectivity index (χ0n) is 19.0. The van der Waals surface area contributed by atoms with Crippen LogP contribution in [0, 0.1) is 0 Å². The third kappa shape index (κ3) is 3.70. The van der Waals surface area contributed by atoms with E-state index in [2.05, 4.69) is 98.5 Å². The van der Waals surface area contributed by atoms with Crippen molar-refractivity contribution < 1.29 is 4.74 Å². The van der Waals surface area contributed by atoms with E-state index in [1.54, 1.807) is 11.8 Å². The van der Waals surface area contributed by atoms with Crippen LogP contribution in [0.15, 0.2) is 59.1 Å². The van der Waals surface area contributed by atoms with Crippen LogP contribution in [0.2, 0.25) is 0 Å². The summed E-state index contributed by atoms with van der Waals surface area (Å²) in [5.74, 6) is 0. The number of ether oxygens (including phenoxy) is 1. The van der Waals surface area contributed by atoms with Crippen LogP contribution in [0.3, 0.4) is 0 Å². The number of para-hydroxylation sites is 1. The molecular weight excluding hydrogens is 478 g/mol. The van der Waals surface area contributed by atoms with E-state index in [1.807, 2.05) is 6.07 Å². The molecule has 6 nitrogen and oxygen atoms in total. The Morgan fingerprint density at radius 3 is 2.67 bits per heavy atom. The number of hydrogen-bond acceptors (Lipinski definition) is 4. The van der Waals surface area contributed by atoms with Gasteiger partial charge in [0.1, 0.15) is 0 Å². The molecule has 0 spiro atoms. The fourth-order valence-electron chi connectivity index (χ4n) is 4.69. The van der Waals surface area contributed by atoms with Crippen molar-refractivity contribution >= 4 is 37.6 Å². The number of nitrogens with zero attached hydrogens (tertiary/aromatic N) is 5. The molecule has 0 aliphatic rings. The van der Waals surface area contributed by atoms with Gasteiger partial charge >= 0.3 is 6.01 Å². The van der Waals surface area contributed by atoms with Crippen LogP contribution in [0.5, 0.6) is 6.01 Å². The van der Waals surface area contributed by atoms with Gasteiger partial charge in [0.25, 0.3) is 0 Å². The summed E-state index contributed by atoms with van der Waals surface area (Å²) in [5, 5.41) is 15.3. The van der Waals surface area contributed by atoms with E-state index in [9.17, 15) is 0 Å². The molecule has 0 bridgehead atoms. The van der Waals surface area contributed by atoms with E-state index < -0.39 is 0 Å². The van der Waals surface area contributed by atoms with Crippen LogP contribution in [-0.4, -0.2) is 31.9 Å². The smallest absolute Gasteiger partial charge is 0.340 e. The molecule has 0 radical (unpaired) electrons. The maximum absolute atomic E-state index is 5.28. The third-order valence-corrected chi connectivity index (χ3v) is 7.13. The number of tetrazole rings is 1. The molecule has 0 unspecified atom stereocenters. The van der Waals surface area contributed by atoms with E-state index >= 15 is 0 Å². The van der Waals surface area contributed by atoms with Gasteiger partial charge in [-0.2, -0.15) is 4.68 Å². The monoisotopic (exact) mass is 503 g/mol. The lowest BCUT2D eigenvalue weighted by Gasteiger charge is -2.12. The van der Waals surface area contributed by atoms with Gasteiger partial charge in [-0.15, -0.1) is 0 Å². The third-order valence-electron chi connectivity index (χ3n) is 6.30. The molecule has 168 valence electrons. The van der Waals surface area contributed by atoms with Crippen molar-refractivity contribution in [2.24, 2.45) is 7.05 Å². The predicted molar refractivity (Wildman–Crippen MR) is 136 cm³/mol. The molecule has 0 fully saturated rings. The van der Waals surface area contributed by atoms with Crippen molar-refractivity contribution in [1.82, 2.24) is 24.8 Å². The Morgan fingerprint density at radius 2 is 1.85 bits per heavy atom. The second-order valence-electron chi connectivity index (χ2n) is 8.27. The number of unbranched alkanes of at least 4 members (excludes halogenated alkanes) is 2. The molecule has 0 aliphatic carbocycles. The topological polar surface area (TPSA) is 57.8 Å². The van der Waals surface area contributed by atoms with Gasteiger partial charge in [0, 0.05) is 18.0 Å². The van der Waals surface area contributed by atoms with E-state index in [4.69, 9.17) is 4.74 Å². The highest BCUT2D eigenvalue weighted by molar-refractivity contribution is 9.10. The van der Waals surface area contributed by atoms with Crippen molar-refractivity contribution in [2.45, 2.75) is 32.6 Å². The molecule has 5 aromatic rings. The summed E-state index contributed by atoms with van der Waals surface area (Å²) < 4.78 is 10.1. The number of methoxy groups -OCH3 is 1. The molecule has 2 heterocycles. The minimum absolute atomic E-state index is 0.346. The first-order chi connectivity index (χ1) is 16.1. The molecule has 7 heteroatoms. The molecule has 3 aromatic carbocycles. The zero-order chi connectivity index (χ0) is 22.9. The van der Waals surface area contributed by atoms with Crippen molar-refractivity contribution in [2.75, 3.05) is 7.11 Å².